The highest BCUT2D eigenvalue weighted by molar-refractivity contribution is 9.10. The van der Waals surface area contributed by atoms with Crippen molar-refractivity contribution in [3.63, 3.8) is 0 Å². The molecular formula is C16H15BrF3N. The quantitative estimate of drug-likeness (QED) is 0.780. The van der Waals surface area contributed by atoms with Crippen LogP contribution in [0.25, 0.3) is 0 Å². The maximum absolute atomic E-state index is 12.9. The van der Waals surface area contributed by atoms with E-state index in [0.717, 1.165) is 16.1 Å². The van der Waals surface area contributed by atoms with Crippen molar-refractivity contribution in [1.82, 2.24) is 5.32 Å². The molecule has 112 valence electrons. The molecule has 2 aromatic carbocycles. The van der Waals surface area contributed by atoms with Crippen LogP contribution in [0.2, 0.25) is 0 Å². The first-order chi connectivity index (χ1) is 9.88. The van der Waals surface area contributed by atoms with E-state index in [0.29, 0.717) is 0 Å². The van der Waals surface area contributed by atoms with Crippen LogP contribution >= 0.6 is 15.9 Å². The van der Waals surface area contributed by atoms with Crippen molar-refractivity contribution in [3.8, 4) is 0 Å². The van der Waals surface area contributed by atoms with E-state index in [4.69, 9.17) is 0 Å². The minimum Gasteiger partial charge on any atom is -0.306 e. The Labute approximate surface area is 130 Å². The first-order valence-electron chi connectivity index (χ1n) is 6.52. The van der Waals surface area contributed by atoms with Gasteiger partial charge in [-0.25, -0.2) is 0 Å². The van der Waals surface area contributed by atoms with Crippen molar-refractivity contribution in [2.24, 2.45) is 0 Å². The van der Waals surface area contributed by atoms with Crippen LogP contribution in [0.3, 0.4) is 0 Å². The Kier molecular flexibility index (Phi) is 5.06. The monoisotopic (exact) mass is 357 g/mol. The maximum Gasteiger partial charge on any atom is 0.416 e. The van der Waals surface area contributed by atoms with Crippen molar-refractivity contribution in [2.75, 3.05) is 0 Å². The zero-order chi connectivity index (χ0) is 15.5. The van der Waals surface area contributed by atoms with Crippen LogP contribution in [0.5, 0.6) is 0 Å². The fourth-order valence-corrected chi connectivity index (χ4v) is 2.35. The van der Waals surface area contributed by atoms with Crippen LogP contribution in [0.4, 0.5) is 13.2 Å². The molecule has 0 aliphatic heterocycles. The van der Waals surface area contributed by atoms with Crippen LogP contribution in [-0.4, -0.2) is 0 Å². The maximum atomic E-state index is 12.9. The van der Waals surface area contributed by atoms with Crippen molar-refractivity contribution < 1.29 is 13.2 Å². The van der Waals surface area contributed by atoms with Gasteiger partial charge in [-0.15, -0.1) is 0 Å². The standard InChI is InChI=1S/C16H15BrF3N/c1-11(12-6-8-14(17)9-7-12)21-10-13-4-2-3-5-15(13)16(18,19)20/h2-9,11,21H,10H2,1H3/t11-/m1/s1. The third kappa shape index (κ3) is 4.32. The molecule has 0 aliphatic rings. The number of rotatable bonds is 4. The van der Waals surface area contributed by atoms with Gasteiger partial charge in [-0.2, -0.15) is 13.2 Å². The number of hydrogen-bond donors (Lipinski definition) is 1. The molecule has 0 radical (unpaired) electrons. The summed E-state index contributed by atoms with van der Waals surface area (Å²) in [6.45, 7) is 2.10. The summed E-state index contributed by atoms with van der Waals surface area (Å²) in [5, 5.41) is 3.13. The summed E-state index contributed by atoms with van der Waals surface area (Å²) in [5.74, 6) is 0. The zero-order valence-corrected chi connectivity index (χ0v) is 13.0. The van der Waals surface area contributed by atoms with E-state index >= 15 is 0 Å². The van der Waals surface area contributed by atoms with Gasteiger partial charge in [0.1, 0.15) is 0 Å². The molecule has 0 amide bonds. The van der Waals surface area contributed by atoms with Crippen molar-refractivity contribution in [3.05, 3.63) is 69.7 Å². The van der Waals surface area contributed by atoms with Crippen LogP contribution < -0.4 is 5.32 Å². The predicted molar refractivity (Wildman–Crippen MR) is 80.8 cm³/mol. The minimum atomic E-state index is -4.32. The van der Waals surface area contributed by atoms with Crippen LogP contribution in [0, 0.1) is 0 Å². The predicted octanol–water partition coefficient (Wildman–Crippen LogP) is 5.32. The van der Waals surface area contributed by atoms with Crippen molar-refractivity contribution in [2.45, 2.75) is 25.7 Å². The second kappa shape index (κ2) is 6.62. The lowest BCUT2D eigenvalue weighted by Gasteiger charge is -2.17. The van der Waals surface area contributed by atoms with E-state index < -0.39 is 11.7 Å². The fourth-order valence-electron chi connectivity index (χ4n) is 2.08. The summed E-state index contributed by atoms with van der Waals surface area (Å²) >= 11 is 3.36. The molecule has 0 bridgehead atoms. The summed E-state index contributed by atoms with van der Waals surface area (Å²) in [6.07, 6.45) is -4.32. The summed E-state index contributed by atoms with van der Waals surface area (Å²) in [6, 6.07) is 13.3. The van der Waals surface area contributed by atoms with Crippen molar-refractivity contribution in [1.29, 1.82) is 0 Å². The van der Waals surface area contributed by atoms with E-state index in [-0.39, 0.29) is 18.2 Å². The molecule has 1 nitrogen and oxygen atoms in total. The molecule has 21 heavy (non-hydrogen) atoms. The normalized spacial score (nSPS) is 13.2. The molecule has 0 heterocycles. The fraction of sp³-hybridized carbons (Fsp3) is 0.250. The Hall–Kier alpha value is -1.33. The lowest BCUT2D eigenvalue weighted by Crippen LogP contribution is -2.20. The molecule has 0 fully saturated rings. The molecule has 0 saturated heterocycles. The van der Waals surface area contributed by atoms with Gasteiger partial charge >= 0.3 is 6.18 Å². The average Bonchev–Trinajstić information content (AvgIpc) is 2.45. The zero-order valence-electron chi connectivity index (χ0n) is 11.4. The summed E-state index contributed by atoms with van der Waals surface area (Å²) in [5.41, 5.74) is 0.706. The van der Waals surface area contributed by atoms with Gasteiger partial charge in [0, 0.05) is 17.1 Å². The lowest BCUT2D eigenvalue weighted by molar-refractivity contribution is -0.138. The first kappa shape index (κ1) is 16.0. The molecule has 0 saturated carbocycles. The highest BCUT2D eigenvalue weighted by Crippen LogP contribution is 2.32. The minimum absolute atomic E-state index is 0.0283. The van der Waals surface area contributed by atoms with Crippen LogP contribution in [0.15, 0.2) is 53.0 Å². The second-order valence-electron chi connectivity index (χ2n) is 4.81. The number of hydrogen-bond acceptors (Lipinski definition) is 1. The van der Waals surface area contributed by atoms with Gasteiger partial charge in [-0.05, 0) is 36.2 Å². The number of alkyl halides is 3. The molecule has 0 unspecified atom stereocenters. The third-order valence-electron chi connectivity index (χ3n) is 3.29. The van der Waals surface area contributed by atoms with Gasteiger partial charge in [-0.1, -0.05) is 46.3 Å². The molecule has 2 rings (SSSR count). The van der Waals surface area contributed by atoms with Gasteiger partial charge in [0.15, 0.2) is 0 Å². The second-order valence-corrected chi connectivity index (χ2v) is 5.72. The number of nitrogens with one attached hydrogen (secondary N) is 1. The Balaban J connectivity index is 2.08. The highest BCUT2D eigenvalue weighted by atomic mass is 79.9. The lowest BCUT2D eigenvalue weighted by atomic mass is 10.1. The van der Waals surface area contributed by atoms with Gasteiger partial charge in [0.25, 0.3) is 0 Å². The van der Waals surface area contributed by atoms with Gasteiger partial charge < -0.3 is 5.32 Å². The van der Waals surface area contributed by atoms with E-state index in [1.807, 2.05) is 31.2 Å². The first-order valence-corrected chi connectivity index (χ1v) is 7.31. The van der Waals surface area contributed by atoms with E-state index in [2.05, 4.69) is 21.2 Å². The number of halogens is 4. The van der Waals surface area contributed by atoms with Crippen molar-refractivity contribution >= 4 is 15.9 Å². The molecule has 1 atom stereocenters. The number of benzene rings is 2. The largest absolute Gasteiger partial charge is 0.416 e. The summed E-state index contributed by atoms with van der Waals surface area (Å²) in [4.78, 5) is 0. The molecule has 0 spiro atoms. The highest BCUT2D eigenvalue weighted by Gasteiger charge is 2.32. The molecular weight excluding hydrogens is 343 g/mol. The Morgan fingerprint density at radius 1 is 1.05 bits per heavy atom. The van der Waals surface area contributed by atoms with Gasteiger partial charge in [-0.3, -0.25) is 0 Å². The molecule has 1 N–H and O–H groups in total. The van der Waals surface area contributed by atoms with Crippen LogP contribution in [-0.2, 0) is 12.7 Å². The smallest absolute Gasteiger partial charge is 0.306 e. The average molecular weight is 358 g/mol. The summed E-state index contributed by atoms with van der Waals surface area (Å²) in [7, 11) is 0. The van der Waals surface area contributed by atoms with E-state index in [1.54, 1.807) is 6.07 Å². The Morgan fingerprint density at radius 2 is 1.67 bits per heavy atom. The van der Waals surface area contributed by atoms with E-state index in [1.165, 1.54) is 12.1 Å². The summed E-state index contributed by atoms with van der Waals surface area (Å²) < 4.78 is 39.7. The Morgan fingerprint density at radius 3 is 2.29 bits per heavy atom. The van der Waals surface area contributed by atoms with Gasteiger partial charge in [0.05, 0.1) is 5.56 Å². The van der Waals surface area contributed by atoms with Gasteiger partial charge in [0.2, 0.25) is 0 Å². The topological polar surface area (TPSA) is 12.0 Å². The van der Waals surface area contributed by atoms with E-state index in [9.17, 15) is 13.2 Å². The molecule has 0 aromatic heterocycles. The third-order valence-corrected chi connectivity index (χ3v) is 3.82. The molecule has 2 aromatic rings. The molecule has 0 aliphatic carbocycles. The molecule has 5 heteroatoms. The van der Waals surface area contributed by atoms with Crippen LogP contribution in [0.1, 0.15) is 29.7 Å². The Bertz CT molecular complexity index is 593. The SMILES string of the molecule is C[C@@H](NCc1ccccc1C(F)(F)F)c1ccc(Br)cc1.